The predicted molar refractivity (Wildman–Crippen MR) is 383 cm³/mol. The lowest BCUT2D eigenvalue weighted by atomic mass is 9.36. The largest absolute Gasteiger partial charge is 0.311 e. The van der Waals surface area contributed by atoms with Gasteiger partial charge in [0.05, 0.1) is 17.1 Å². The summed E-state index contributed by atoms with van der Waals surface area (Å²) in [7, 11) is 0. The highest BCUT2D eigenvalue weighted by molar-refractivity contribution is 7.33. The first-order valence-corrected chi connectivity index (χ1v) is 32.1. The van der Waals surface area contributed by atoms with E-state index in [-0.39, 0.29) is 23.0 Å². The summed E-state index contributed by atoms with van der Waals surface area (Å²) in [5.74, 6) is 0. The van der Waals surface area contributed by atoms with Gasteiger partial charge in [-0.25, -0.2) is 0 Å². The van der Waals surface area contributed by atoms with Gasteiger partial charge in [-0.05, 0) is 175 Å². The summed E-state index contributed by atoms with van der Waals surface area (Å²) >= 11 is 1.98. The number of rotatable bonds is 7. The third kappa shape index (κ3) is 8.66. The van der Waals surface area contributed by atoms with Crippen LogP contribution in [0.25, 0.3) is 98.0 Å². The van der Waals surface area contributed by atoms with Gasteiger partial charge in [0, 0.05) is 43.1 Å². The molecule has 2 aliphatic heterocycles. The van der Waals surface area contributed by atoms with Gasteiger partial charge in [0.1, 0.15) is 0 Å². The highest BCUT2D eigenvalue weighted by Gasteiger charge is 2.47. The Morgan fingerprint density at radius 1 is 0.307 bits per heavy atom. The van der Waals surface area contributed by atoms with Crippen molar-refractivity contribution in [1.82, 2.24) is 0 Å². The molecular formula is C84H69BN2S. The second-order valence-corrected chi connectivity index (χ2v) is 28.7. The molecule has 0 saturated heterocycles. The Kier molecular flexibility index (Phi) is 12.3. The molecule has 0 N–H and O–H groups in total. The normalized spacial score (nSPS) is 13.2. The minimum absolute atomic E-state index is 0.0804. The fourth-order valence-electron chi connectivity index (χ4n) is 14.5. The lowest BCUT2D eigenvalue weighted by Gasteiger charge is -2.44. The fraction of sp³-hybridized carbons (Fsp3) is 0.143. The first-order valence-electron chi connectivity index (χ1n) is 31.3. The van der Waals surface area contributed by atoms with E-state index < -0.39 is 0 Å². The van der Waals surface area contributed by atoms with Crippen LogP contribution >= 0.6 is 11.3 Å². The molecule has 1 aromatic heterocycles. The molecule has 0 saturated carbocycles. The van der Waals surface area contributed by atoms with Gasteiger partial charge in [-0.15, -0.1) is 11.3 Å². The zero-order valence-electron chi connectivity index (χ0n) is 51.6. The monoisotopic (exact) mass is 1150 g/mol. The molecule has 0 atom stereocenters. The molecule has 0 amide bonds. The zero-order valence-corrected chi connectivity index (χ0v) is 52.4. The number of thiophene rings is 1. The molecule has 14 aromatic rings. The van der Waals surface area contributed by atoms with Crippen molar-refractivity contribution in [3.8, 4) is 55.6 Å². The van der Waals surface area contributed by atoms with Crippen molar-refractivity contribution in [2.24, 2.45) is 0 Å². The first-order chi connectivity index (χ1) is 42.5. The Balaban J connectivity index is 1.08. The van der Waals surface area contributed by atoms with Crippen molar-refractivity contribution in [3.05, 3.63) is 271 Å². The smallest absolute Gasteiger partial charge is 0.264 e. The maximum atomic E-state index is 2.72. The van der Waals surface area contributed by atoms with Crippen LogP contribution in [0.1, 0.15) is 79.0 Å². The van der Waals surface area contributed by atoms with Crippen molar-refractivity contribution >= 4 is 110 Å². The number of benzene rings is 13. The minimum Gasteiger partial charge on any atom is -0.311 e. The summed E-state index contributed by atoms with van der Waals surface area (Å²) in [5, 5.41) is 8.98. The van der Waals surface area contributed by atoms with Gasteiger partial charge in [0.2, 0.25) is 0 Å². The van der Waals surface area contributed by atoms with Crippen LogP contribution in [0.15, 0.2) is 255 Å². The lowest BCUT2D eigenvalue weighted by molar-refractivity contribution is 0.590. The third-order valence-corrected chi connectivity index (χ3v) is 20.3. The third-order valence-electron chi connectivity index (χ3n) is 19.1. The van der Waals surface area contributed by atoms with E-state index in [9.17, 15) is 0 Å². The number of hydrogen-bond acceptors (Lipinski definition) is 3. The maximum Gasteiger partial charge on any atom is 0.264 e. The molecule has 3 heterocycles. The van der Waals surface area contributed by atoms with Gasteiger partial charge in [-0.3, -0.25) is 0 Å². The van der Waals surface area contributed by atoms with Crippen LogP contribution in [0.4, 0.5) is 34.1 Å². The van der Waals surface area contributed by atoms with Gasteiger partial charge < -0.3 is 9.80 Å². The first kappa shape index (κ1) is 54.0. The minimum atomic E-state index is -0.128. The van der Waals surface area contributed by atoms with E-state index in [4.69, 9.17) is 0 Å². The molecule has 0 aliphatic carbocycles. The van der Waals surface area contributed by atoms with Crippen LogP contribution < -0.4 is 25.5 Å². The number of hydrogen-bond donors (Lipinski definition) is 0. The van der Waals surface area contributed by atoms with Gasteiger partial charge in [-0.2, -0.15) is 0 Å². The Bertz CT molecular complexity index is 5080. The second-order valence-electron chi connectivity index (χ2n) is 27.7. The molecule has 0 spiro atoms. The zero-order chi connectivity index (χ0) is 60.0. The lowest BCUT2D eigenvalue weighted by Crippen LogP contribution is -2.60. The molecule has 424 valence electrons. The Labute approximate surface area is 522 Å². The quantitative estimate of drug-likeness (QED) is 0.116. The molecule has 16 rings (SSSR count). The van der Waals surface area contributed by atoms with Gasteiger partial charge in [0.25, 0.3) is 6.71 Å². The van der Waals surface area contributed by atoms with Crippen molar-refractivity contribution in [2.45, 2.75) is 78.6 Å². The summed E-state index contributed by atoms with van der Waals surface area (Å²) in [6, 6.07) is 97.6. The molecule has 2 nitrogen and oxygen atoms in total. The average molecular weight is 1150 g/mol. The number of nitrogens with zero attached hydrogens (tertiary/aromatic N) is 2. The van der Waals surface area contributed by atoms with Crippen molar-refractivity contribution in [1.29, 1.82) is 0 Å². The molecule has 4 heteroatoms. The Morgan fingerprint density at radius 3 is 1.44 bits per heavy atom. The van der Waals surface area contributed by atoms with E-state index in [2.05, 4.69) is 327 Å². The van der Waals surface area contributed by atoms with Crippen LogP contribution in [0, 0.1) is 0 Å². The topological polar surface area (TPSA) is 6.48 Å². The summed E-state index contributed by atoms with van der Waals surface area (Å²) in [6.45, 7) is 21.0. The van der Waals surface area contributed by atoms with Crippen molar-refractivity contribution in [2.75, 3.05) is 9.80 Å². The second kappa shape index (κ2) is 20.0. The van der Waals surface area contributed by atoms with E-state index in [0.717, 1.165) is 16.9 Å². The fourth-order valence-corrected chi connectivity index (χ4v) is 15.8. The summed E-state index contributed by atoms with van der Waals surface area (Å²) in [5.41, 5.74) is 25.3. The van der Waals surface area contributed by atoms with E-state index in [0.29, 0.717) is 0 Å². The van der Waals surface area contributed by atoms with E-state index in [1.165, 1.54) is 148 Å². The van der Waals surface area contributed by atoms with Crippen LogP contribution in [0.3, 0.4) is 0 Å². The predicted octanol–water partition coefficient (Wildman–Crippen LogP) is 22.1. The summed E-state index contributed by atoms with van der Waals surface area (Å²) in [6.07, 6.45) is 0. The highest BCUT2D eigenvalue weighted by Crippen LogP contribution is 2.55. The van der Waals surface area contributed by atoms with E-state index in [1.807, 2.05) is 11.3 Å². The summed E-state index contributed by atoms with van der Waals surface area (Å²) < 4.78 is 2.64. The van der Waals surface area contributed by atoms with Crippen LogP contribution in [0.2, 0.25) is 0 Å². The van der Waals surface area contributed by atoms with Gasteiger partial charge in [-0.1, -0.05) is 263 Å². The van der Waals surface area contributed by atoms with Crippen LogP contribution in [-0.2, 0) is 16.2 Å². The highest BCUT2D eigenvalue weighted by atomic mass is 32.1. The average Bonchev–Trinajstić information content (AvgIpc) is 1.20. The Hall–Kier alpha value is -9.48. The van der Waals surface area contributed by atoms with Gasteiger partial charge in [0.15, 0.2) is 0 Å². The molecule has 0 radical (unpaired) electrons. The Morgan fingerprint density at radius 2 is 0.807 bits per heavy atom. The SMILES string of the molecule is CC(C)(C)c1ccc(N2c3ccc(-c4ccccc4)cc3B3c4sc5ccc(C(C)(C)C)cc5c4N(c4ccc(C(C)(C)C)cc4-c4ccccc4)c4cc(-c5ccccc5-c5ccccc5)cc2c43)c(-c2ccc3ccc4cccc5ccc2c3c45)c1. The van der Waals surface area contributed by atoms with Crippen molar-refractivity contribution in [3.63, 3.8) is 0 Å². The van der Waals surface area contributed by atoms with E-state index in [1.54, 1.807) is 0 Å². The molecule has 2 aliphatic rings. The van der Waals surface area contributed by atoms with E-state index >= 15 is 0 Å². The maximum absolute atomic E-state index is 2.72. The van der Waals surface area contributed by atoms with Gasteiger partial charge >= 0.3 is 0 Å². The molecule has 0 bridgehead atoms. The number of anilines is 6. The van der Waals surface area contributed by atoms with Crippen LogP contribution in [-0.4, -0.2) is 6.71 Å². The van der Waals surface area contributed by atoms with Crippen LogP contribution in [0.5, 0.6) is 0 Å². The summed E-state index contributed by atoms with van der Waals surface area (Å²) in [4.78, 5) is 5.40. The molecule has 88 heavy (non-hydrogen) atoms. The number of fused-ring (bicyclic) bond motifs is 6. The molecule has 0 fully saturated rings. The van der Waals surface area contributed by atoms with Crippen molar-refractivity contribution < 1.29 is 0 Å². The standard InChI is InChI=1S/C84H69BN2S/c1-82(2,3)60-37-43-71(67(49-60)54-26-17-12-18-27-54)87-75-48-59(64-31-20-19-30-63(64)53-24-15-11-16-25-53)47-74-79(75)85(81-80(87)69-51-62(84(7,8)9)39-45-76(69)88-81)70-46-58(52-22-13-10-14-23-52)36-42-73(70)86(74)72-44-38-61(83(4,5)6)50-68(72)65-40-34-57-33-32-55-28-21-29-56-35-41-66(65)78(57)77(55)56/h10-51H,1-9H3. The molecule has 13 aromatic carbocycles. The molecular weight excluding hydrogens is 1080 g/mol. The molecule has 0 unspecified atom stereocenters.